The van der Waals surface area contributed by atoms with Crippen molar-refractivity contribution in [3.63, 3.8) is 0 Å². The van der Waals surface area contributed by atoms with Gasteiger partial charge in [-0.05, 0) is 37.5 Å². The summed E-state index contributed by atoms with van der Waals surface area (Å²) in [5.74, 6) is -1.28. The molecule has 0 N–H and O–H groups in total. The molecule has 19 heavy (non-hydrogen) atoms. The number of esters is 1. The van der Waals surface area contributed by atoms with E-state index in [0.717, 1.165) is 18.4 Å². The second-order valence-electron chi connectivity index (χ2n) is 4.60. The lowest BCUT2D eigenvalue weighted by molar-refractivity contribution is -0.140. The highest BCUT2D eigenvalue weighted by atomic mass is 32.2. The molecular weight excluding hydrogens is 264 g/mol. The topological polar surface area (TPSA) is 60.4 Å². The monoisotopic (exact) mass is 284 g/mol. The minimum atomic E-state index is -3.62. The summed E-state index contributed by atoms with van der Waals surface area (Å²) in [5, 5.41) is 0. The molecule has 0 aliphatic carbocycles. The molecule has 0 atom stereocenters. The van der Waals surface area contributed by atoms with Gasteiger partial charge in [0.2, 0.25) is 0 Å². The molecule has 0 aliphatic heterocycles. The molecule has 1 aromatic rings. The van der Waals surface area contributed by atoms with Crippen LogP contribution in [0.1, 0.15) is 30.9 Å². The van der Waals surface area contributed by atoms with E-state index in [1.165, 1.54) is 0 Å². The van der Waals surface area contributed by atoms with Gasteiger partial charge in [-0.25, -0.2) is 8.42 Å². The van der Waals surface area contributed by atoms with E-state index in [1.807, 2.05) is 19.9 Å². The number of sulfone groups is 1. The van der Waals surface area contributed by atoms with Gasteiger partial charge in [0, 0.05) is 0 Å². The van der Waals surface area contributed by atoms with E-state index in [9.17, 15) is 13.2 Å². The van der Waals surface area contributed by atoms with Crippen molar-refractivity contribution >= 4 is 15.8 Å². The summed E-state index contributed by atoms with van der Waals surface area (Å²) in [4.78, 5) is 11.7. The standard InChI is InChI=1S/C14H20O4S/c1-4-5-8-18-14(15)10-19(16,17)13-9-11(2)6-7-12(13)3/h6-7,9H,4-5,8,10H2,1-3H3. The van der Waals surface area contributed by atoms with Crippen LogP contribution < -0.4 is 0 Å². The highest BCUT2D eigenvalue weighted by Crippen LogP contribution is 2.18. The maximum atomic E-state index is 12.1. The van der Waals surface area contributed by atoms with E-state index in [4.69, 9.17) is 4.74 Å². The molecule has 0 saturated carbocycles. The minimum absolute atomic E-state index is 0.208. The third-order valence-electron chi connectivity index (χ3n) is 2.75. The SMILES string of the molecule is CCCCOC(=O)CS(=O)(=O)c1cc(C)ccc1C. The van der Waals surface area contributed by atoms with Crippen molar-refractivity contribution in [3.8, 4) is 0 Å². The molecule has 0 unspecified atom stereocenters. The van der Waals surface area contributed by atoms with Crippen LogP contribution in [-0.4, -0.2) is 26.7 Å². The number of carbonyl (C=O) groups is 1. The average molecular weight is 284 g/mol. The fourth-order valence-electron chi connectivity index (χ4n) is 1.65. The van der Waals surface area contributed by atoms with Crippen molar-refractivity contribution in [2.24, 2.45) is 0 Å². The lowest BCUT2D eigenvalue weighted by Gasteiger charge is -2.08. The Morgan fingerprint density at radius 3 is 2.58 bits per heavy atom. The molecule has 0 bridgehead atoms. The number of unbranched alkanes of at least 4 members (excludes halogenated alkanes) is 1. The third-order valence-corrected chi connectivity index (χ3v) is 4.47. The zero-order chi connectivity index (χ0) is 14.5. The van der Waals surface area contributed by atoms with Crippen LogP contribution in [0.2, 0.25) is 0 Å². The molecule has 0 aromatic heterocycles. The Kier molecular flexibility index (Phi) is 5.54. The van der Waals surface area contributed by atoms with Gasteiger partial charge < -0.3 is 4.74 Å². The van der Waals surface area contributed by atoms with Crippen molar-refractivity contribution < 1.29 is 17.9 Å². The molecule has 5 heteroatoms. The van der Waals surface area contributed by atoms with E-state index >= 15 is 0 Å². The zero-order valence-corrected chi connectivity index (χ0v) is 12.4. The van der Waals surface area contributed by atoms with Gasteiger partial charge in [-0.1, -0.05) is 25.5 Å². The fraction of sp³-hybridized carbons (Fsp3) is 0.500. The first-order valence-corrected chi connectivity index (χ1v) is 7.97. The van der Waals surface area contributed by atoms with Gasteiger partial charge >= 0.3 is 5.97 Å². The second kappa shape index (κ2) is 6.70. The molecule has 1 rings (SSSR count). The Balaban J connectivity index is 2.81. The Hall–Kier alpha value is -1.36. The summed E-state index contributed by atoms with van der Waals surface area (Å²) < 4.78 is 29.2. The molecular formula is C14H20O4S. The van der Waals surface area contributed by atoms with Crippen LogP contribution in [0.25, 0.3) is 0 Å². The highest BCUT2D eigenvalue weighted by Gasteiger charge is 2.22. The van der Waals surface area contributed by atoms with Gasteiger partial charge in [0.25, 0.3) is 0 Å². The summed E-state index contributed by atoms with van der Waals surface area (Å²) in [7, 11) is -3.62. The molecule has 0 spiro atoms. The van der Waals surface area contributed by atoms with Gasteiger partial charge in [0.1, 0.15) is 0 Å². The van der Waals surface area contributed by atoms with E-state index in [-0.39, 0.29) is 11.5 Å². The number of benzene rings is 1. The Labute approximate surface area is 114 Å². The highest BCUT2D eigenvalue weighted by molar-refractivity contribution is 7.92. The van der Waals surface area contributed by atoms with Gasteiger partial charge in [0.15, 0.2) is 15.6 Å². The van der Waals surface area contributed by atoms with E-state index in [2.05, 4.69) is 0 Å². The number of aryl methyl sites for hydroxylation is 2. The van der Waals surface area contributed by atoms with Crippen LogP contribution in [-0.2, 0) is 19.4 Å². The first-order valence-electron chi connectivity index (χ1n) is 6.32. The van der Waals surface area contributed by atoms with E-state index < -0.39 is 21.6 Å². The normalized spacial score (nSPS) is 11.3. The van der Waals surface area contributed by atoms with Crippen LogP contribution in [0.15, 0.2) is 23.1 Å². The number of ether oxygens (including phenoxy) is 1. The van der Waals surface area contributed by atoms with Crippen molar-refractivity contribution in [2.45, 2.75) is 38.5 Å². The summed E-state index contributed by atoms with van der Waals surface area (Å²) >= 11 is 0. The average Bonchev–Trinajstić information content (AvgIpc) is 2.32. The summed E-state index contributed by atoms with van der Waals surface area (Å²) in [6, 6.07) is 5.17. The second-order valence-corrected chi connectivity index (χ2v) is 6.56. The Morgan fingerprint density at radius 1 is 1.26 bits per heavy atom. The van der Waals surface area contributed by atoms with Crippen molar-refractivity contribution in [2.75, 3.05) is 12.4 Å². The van der Waals surface area contributed by atoms with Crippen LogP contribution in [0, 0.1) is 13.8 Å². The minimum Gasteiger partial charge on any atom is -0.465 e. The maximum absolute atomic E-state index is 12.1. The number of hydrogen-bond acceptors (Lipinski definition) is 4. The van der Waals surface area contributed by atoms with Gasteiger partial charge in [-0.15, -0.1) is 0 Å². The summed E-state index contributed by atoms with van der Waals surface area (Å²) in [6.07, 6.45) is 1.65. The zero-order valence-electron chi connectivity index (χ0n) is 11.6. The number of carbonyl (C=O) groups excluding carboxylic acids is 1. The van der Waals surface area contributed by atoms with Crippen molar-refractivity contribution in [1.82, 2.24) is 0 Å². The van der Waals surface area contributed by atoms with Crippen LogP contribution >= 0.6 is 0 Å². The van der Waals surface area contributed by atoms with Gasteiger partial charge in [0.05, 0.1) is 11.5 Å². The lowest BCUT2D eigenvalue weighted by atomic mass is 10.2. The quantitative estimate of drug-likeness (QED) is 0.594. The summed E-state index contributed by atoms with van der Waals surface area (Å²) in [6.45, 7) is 5.78. The Morgan fingerprint density at radius 2 is 1.95 bits per heavy atom. The number of rotatable bonds is 6. The molecule has 0 saturated heterocycles. The smallest absolute Gasteiger partial charge is 0.321 e. The maximum Gasteiger partial charge on any atom is 0.321 e. The molecule has 4 nitrogen and oxygen atoms in total. The molecule has 0 heterocycles. The van der Waals surface area contributed by atoms with E-state index in [0.29, 0.717) is 5.56 Å². The summed E-state index contributed by atoms with van der Waals surface area (Å²) in [5.41, 5.74) is 1.50. The molecule has 0 fully saturated rings. The first-order chi connectivity index (χ1) is 8.86. The molecule has 0 aliphatic rings. The molecule has 106 valence electrons. The fourth-order valence-corrected chi connectivity index (χ4v) is 3.12. The molecule has 0 radical (unpaired) electrons. The predicted octanol–water partition coefficient (Wildman–Crippen LogP) is 2.42. The predicted molar refractivity (Wildman–Crippen MR) is 73.8 cm³/mol. The molecule has 0 amide bonds. The van der Waals surface area contributed by atoms with E-state index in [1.54, 1.807) is 19.1 Å². The van der Waals surface area contributed by atoms with Crippen molar-refractivity contribution in [3.05, 3.63) is 29.3 Å². The first kappa shape index (κ1) is 15.7. The van der Waals surface area contributed by atoms with Gasteiger partial charge in [-0.2, -0.15) is 0 Å². The Bertz CT molecular complexity index is 547. The largest absolute Gasteiger partial charge is 0.465 e. The van der Waals surface area contributed by atoms with Crippen molar-refractivity contribution in [1.29, 1.82) is 0 Å². The molecule has 1 aromatic carbocycles. The van der Waals surface area contributed by atoms with Crippen LogP contribution in [0.3, 0.4) is 0 Å². The number of hydrogen-bond donors (Lipinski definition) is 0. The lowest BCUT2D eigenvalue weighted by Crippen LogP contribution is -2.20. The van der Waals surface area contributed by atoms with Gasteiger partial charge in [-0.3, -0.25) is 4.79 Å². The van der Waals surface area contributed by atoms with Crippen LogP contribution in [0.5, 0.6) is 0 Å². The van der Waals surface area contributed by atoms with Crippen LogP contribution in [0.4, 0.5) is 0 Å². The third kappa shape index (κ3) is 4.67.